The zero-order valence-corrected chi connectivity index (χ0v) is 24.0. The van der Waals surface area contributed by atoms with Gasteiger partial charge in [-0.3, -0.25) is 24.0 Å². The van der Waals surface area contributed by atoms with Crippen LogP contribution in [0.5, 0.6) is 0 Å². The molecule has 0 radical (unpaired) electrons. The minimum Gasteiger partial charge on any atom is -0.340 e. The number of hydrogen-bond donors (Lipinski definition) is 1. The number of hydrogen-bond acceptors (Lipinski definition) is 7. The van der Waals surface area contributed by atoms with Gasteiger partial charge in [-0.25, -0.2) is 9.67 Å². The van der Waals surface area contributed by atoms with E-state index in [1.807, 2.05) is 20.3 Å². The maximum Gasteiger partial charge on any atom is 0.247 e. The molecule has 42 heavy (non-hydrogen) atoms. The number of rotatable bonds is 7. The van der Waals surface area contributed by atoms with Crippen molar-refractivity contribution in [2.75, 3.05) is 23.3 Å². The van der Waals surface area contributed by atoms with Gasteiger partial charge in [0.2, 0.25) is 17.7 Å². The number of benzene rings is 2. The molecular formula is C27H24Cl2N10O3. The van der Waals surface area contributed by atoms with E-state index in [1.54, 1.807) is 58.2 Å². The number of carbonyl (C=O) groups excluding carboxylic acids is 3. The molecule has 1 aliphatic rings. The molecule has 1 saturated heterocycles. The summed E-state index contributed by atoms with van der Waals surface area (Å²) in [6.07, 6.45) is 6.82. The van der Waals surface area contributed by atoms with Crippen LogP contribution in [0.25, 0.3) is 16.6 Å². The number of piperazine rings is 1. The van der Waals surface area contributed by atoms with Crippen molar-refractivity contribution < 1.29 is 14.4 Å². The van der Waals surface area contributed by atoms with Crippen molar-refractivity contribution >= 4 is 63.2 Å². The first-order chi connectivity index (χ1) is 20.1. The highest BCUT2D eigenvalue weighted by Gasteiger charge is 2.39. The molecule has 1 fully saturated rings. The van der Waals surface area contributed by atoms with Gasteiger partial charge in [-0.05, 0) is 36.4 Å². The minimum atomic E-state index is -1.00. The van der Waals surface area contributed by atoms with E-state index in [9.17, 15) is 14.4 Å². The van der Waals surface area contributed by atoms with Gasteiger partial charge < -0.3 is 14.8 Å². The monoisotopic (exact) mass is 606 g/mol. The molecule has 0 saturated carbocycles. The molecule has 6 rings (SSSR count). The van der Waals surface area contributed by atoms with E-state index in [4.69, 9.17) is 23.2 Å². The SMILES string of the molecule is Cn1cnc(CC(C(=O)Nc2ccc3nn(C)cc3c2)N2CC(=O)N(c3cc(Cl)ccc3-n3cc(Cl)nn3)CC2=O)c1. The van der Waals surface area contributed by atoms with Gasteiger partial charge in [-0.15, -0.1) is 5.10 Å². The van der Waals surface area contributed by atoms with Gasteiger partial charge in [0, 0.05) is 49.0 Å². The molecular weight excluding hydrogens is 583 g/mol. The average Bonchev–Trinajstić information content (AvgIpc) is 3.67. The van der Waals surface area contributed by atoms with E-state index in [-0.39, 0.29) is 24.7 Å². The summed E-state index contributed by atoms with van der Waals surface area (Å²) < 4.78 is 4.84. The Morgan fingerprint density at radius 3 is 2.57 bits per heavy atom. The molecule has 13 nitrogen and oxygen atoms in total. The fourth-order valence-corrected chi connectivity index (χ4v) is 5.26. The van der Waals surface area contributed by atoms with Crippen LogP contribution in [-0.4, -0.2) is 76.1 Å². The molecule has 3 aromatic heterocycles. The standard InChI is InChI=1S/C27H24Cl2N10O3/c1-35-11-19(30-15-35)9-23(27(42)31-18-4-5-20-16(7-18)10-36(2)33-20)38-14-25(40)37(13-26(38)41)22-8-17(28)3-6-21(22)39-12-24(29)32-34-39/h3-8,10-12,15,23H,9,13-14H2,1-2H3,(H,31,42). The van der Waals surface area contributed by atoms with Crippen LogP contribution in [0.15, 0.2) is 61.3 Å². The van der Waals surface area contributed by atoms with Gasteiger partial charge in [0.25, 0.3) is 0 Å². The molecule has 1 aliphatic heterocycles. The van der Waals surface area contributed by atoms with E-state index in [0.29, 0.717) is 27.8 Å². The van der Waals surface area contributed by atoms with Gasteiger partial charge in [0.1, 0.15) is 19.1 Å². The number of nitrogens with zero attached hydrogens (tertiary/aromatic N) is 9. The quantitative estimate of drug-likeness (QED) is 0.301. The van der Waals surface area contributed by atoms with Crippen LogP contribution >= 0.6 is 23.2 Å². The molecule has 1 atom stereocenters. The average molecular weight is 607 g/mol. The molecule has 3 amide bonds. The van der Waals surface area contributed by atoms with Crippen molar-refractivity contribution in [3.05, 3.63) is 77.2 Å². The number of carbonyl (C=O) groups is 3. The zero-order valence-electron chi connectivity index (χ0n) is 22.5. The van der Waals surface area contributed by atoms with Crippen LogP contribution < -0.4 is 10.2 Å². The van der Waals surface area contributed by atoms with Crippen molar-refractivity contribution in [2.45, 2.75) is 12.5 Å². The minimum absolute atomic E-state index is 0.112. The lowest BCUT2D eigenvalue weighted by atomic mass is 10.1. The van der Waals surface area contributed by atoms with E-state index >= 15 is 0 Å². The summed E-state index contributed by atoms with van der Waals surface area (Å²) in [5.41, 5.74) is 2.74. The smallest absolute Gasteiger partial charge is 0.247 e. The number of halogens is 2. The van der Waals surface area contributed by atoms with Gasteiger partial charge >= 0.3 is 0 Å². The Morgan fingerprint density at radius 1 is 1.00 bits per heavy atom. The molecule has 4 heterocycles. The first kappa shape index (κ1) is 27.4. The van der Waals surface area contributed by atoms with Crippen LogP contribution in [0.4, 0.5) is 11.4 Å². The topological polar surface area (TPSA) is 136 Å². The van der Waals surface area contributed by atoms with Crippen molar-refractivity contribution in [2.24, 2.45) is 14.1 Å². The van der Waals surface area contributed by atoms with E-state index in [2.05, 4.69) is 25.7 Å². The summed E-state index contributed by atoms with van der Waals surface area (Å²) in [7, 11) is 3.63. The normalized spacial score (nSPS) is 14.6. The molecule has 0 aliphatic carbocycles. The lowest BCUT2D eigenvalue weighted by Crippen LogP contribution is -2.60. The lowest BCUT2D eigenvalue weighted by Gasteiger charge is -2.38. The Hall–Kier alpha value is -4.75. The maximum atomic E-state index is 13.7. The van der Waals surface area contributed by atoms with Crippen molar-refractivity contribution in [1.29, 1.82) is 0 Å². The van der Waals surface area contributed by atoms with Gasteiger partial charge in [-0.2, -0.15) is 5.10 Å². The molecule has 1 N–H and O–H groups in total. The number of imidazole rings is 1. The van der Waals surface area contributed by atoms with Gasteiger partial charge in [0.05, 0.1) is 35.1 Å². The second-order valence-corrected chi connectivity index (χ2v) is 10.8. The Kier molecular flexibility index (Phi) is 7.12. The van der Waals surface area contributed by atoms with Crippen molar-refractivity contribution in [1.82, 2.24) is 39.2 Å². The molecule has 0 bridgehead atoms. The number of anilines is 2. The first-order valence-electron chi connectivity index (χ1n) is 12.8. The zero-order chi connectivity index (χ0) is 29.5. The first-order valence-corrected chi connectivity index (χ1v) is 13.6. The Balaban J connectivity index is 1.29. The summed E-state index contributed by atoms with van der Waals surface area (Å²) in [6.45, 7) is -0.655. The van der Waals surface area contributed by atoms with Crippen LogP contribution in [0.3, 0.4) is 0 Å². The lowest BCUT2D eigenvalue weighted by molar-refractivity contribution is -0.143. The van der Waals surface area contributed by atoms with Gasteiger partial charge in [0.15, 0.2) is 5.15 Å². The fraction of sp³-hybridized carbons (Fsp3) is 0.222. The number of fused-ring (bicyclic) bond motifs is 1. The predicted octanol–water partition coefficient (Wildman–Crippen LogP) is 2.62. The third-order valence-electron chi connectivity index (χ3n) is 6.89. The highest BCUT2D eigenvalue weighted by atomic mass is 35.5. The summed E-state index contributed by atoms with van der Waals surface area (Å²) in [6, 6.07) is 9.21. The number of nitrogens with one attached hydrogen (secondary N) is 1. The Bertz CT molecular complexity index is 1840. The largest absolute Gasteiger partial charge is 0.340 e. The summed E-state index contributed by atoms with van der Waals surface area (Å²) in [4.78, 5) is 47.9. The van der Waals surface area contributed by atoms with E-state index in [0.717, 1.165) is 10.9 Å². The van der Waals surface area contributed by atoms with Crippen LogP contribution in [0.2, 0.25) is 10.2 Å². The highest BCUT2D eigenvalue weighted by Crippen LogP contribution is 2.30. The molecule has 0 spiro atoms. The fourth-order valence-electron chi connectivity index (χ4n) is 4.97. The Morgan fingerprint density at radius 2 is 1.83 bits per heavy atom. The van der Waals surface area contributed by atoms with Crippen LogP contribution in [-0.2, 0) is 34.9 Å². The number of aromatic nitrogens is 7. The van der Waals surface area contributed by atoms with E-state index in [1.165, 1.54) is 20.7 Å². The summed E-state index contributed by atoms with van der Waals surface area (Å²) in [5, 5.41) is 16.4. The second kappa shape index (κ2) is 10.9. The molecule has 2 aromatic carbocycles. The predicted molar refractivity (Wildman–Crippen MR) is 155 cm³/mol. The summed E-state index contributed by atoms with van der Waals surface area (Å²) in [5.74, 6) is -1.27. The van der Waals surface area contributed by atoms with Crippen molar-refractivity contribution in [3.63, 3.8) is 0 Å². The van der Waals surface area contributed by atoms with E-state index < -0.39 is 23.8 Å². The molecule has 5 aromatic rings. The van der Waals surface area contributed by atoms with Gasteiger partial charge in [-0.1, -0.05) is 28.4 Å². The molecule has 214 valence electrons. The summed E-state index contributed by atoms with van der Waals surface area (Å²) >= 11 is 12.2. The Labute approximate surface area is 249 Å². The molecule has 1 unspecified atom stereocenters. The van der Waals surface area contributed by atoms with Crippen LogP contribution in [0, 0.1) is 0 Å². The number of aryl methyl sites for hydroxylation is 2. The molecule has 15 heteroatoms. The second-order valence-electron chi connectivity index (χ2n) is 9.94. The third-order valence-corrected chi connectivity index (χ3v) is 7.30. The number of amides is 3. The maximum absolute atomic E-state index is 13.7. The third kappa shape index (κ3) is 5.43. The van der Waals surface area contributed by atoms with Crippen LogP contribution in [0.1, 0.15) is 5.69 Å². The highest BCUT2D eigenvalue weighted by molar-refractivity contribution is 6.31. The van der Waals surface area contributed by atoms with Crippen molar-refractivity contribution in [3.8, 4) is 5.69 Å².